The van der Waals surface area contributed by atoms with Crippen LogP contribution in [-0.4, -0.2) is 12.2 Å². The highest BCUT2D eigenvalue weighted by molar-refractivity contribution is 9.11. The van der Waals surface area contributed by atoms with Crippen molar-refractivity contribution in [1.82, 2.24) is 0 Å². The van der Waals surface area contributed by atoms with Gasteiger partial charge in [0.25, 0.3) is 0 Å². The summed E-state index contributed by atoms with van der Waals surface area (Å²) in [6.45, 7) is 1.83. The molecule has 0 aliphatic rings. The van der Waals surface area contributed by atoms with Gasteiger partial charge in [0, 0.05) is 11.3 Å². The number of halogens is 1. The first kappa shape index (κ1) is 13.6. The van der Waals surface area contributed by atoms with Crippen LogP contribution in [0.4, 0.5) is 0 Å². The summed E-state index contributed by atoms with van der Waals surface area (Å²) >= 11 is 5.08. The van der Waals surface area contributed by atoms with Crippen molar-refractivity contribution in [3.8, 4) is 5.75 Å². The van der Waals surface area contributed by atoms with E-state index in [2.05, 4.69) is 15.9 Å². The van der Waals surface area contributed by atoms with E-state index in [0.717, 1.165) is 20.0 Å². The lowest BCUT2D eigenvalue weighted by Gasteiger charge is -2.23. The van der Waals surface area contributed by atoms with Crippen molar-refractivity contribution in [2.75, 3.05) is 7.11 Å². The van der Waals surface area contributed by atoms with Crippen LogP contribution in [0.5, 0.6) is 5.75 Å². The van der Waals surface area contributed by atoms with Crippen LogP contribution in [0.2, 0.25) is 0 Å². The topological polar surface area (TPSA) is 29.5 Å². The van der Waals surface area contributed by atoms with Gasteiger partial charge in [-0.1, -0.05) is 12.1 Å². The summed E-state index contributed by atoms with van der Waals surface area (Å²) in [6, 6.07) is 11.6. The Bertz CT molecular complexity index is 534. The van der Waals surface area contributed by atoms with Crippen LogP contribution < -0.4 is 4.74 Å². The van der Waals surface area contributed by atoms with Gasteiger partial charge in [0.05, 0.1) is 16.5 Å². The molecule has 0 aliphatic carbocycles. The van der Waals surface area contributed by atoms with Gasteiger partial charge < -0.3 is 9.84 Å². The molecule has 0 radical (unpaired) electrons. The standard InChI is InChI=1S/C14H15BrO2S/c1-14(16,9-12-6-7-13(15)18-12)10-4-3-5-11(8-10)17-2/h3-8,16H,9H2,1-2H3. The number of hydrogen-bond acceptors (Lipinski definition) is 3. The molecule has 18 heavy (non-hydrogen) atoms. The van der Waals surface area contributed by atoms with E-state index in [9.17, 15) is 5.11 Å². The van der Waals surface area contributed by atoms with E-state index >= 15 is 0 Å². The van der Waals surface area contributed by atoms with E-state index in [0.29, 0.717) is 6.42 Å². The van der Waals surface area contributed by atoms with Gasteiger partial charge in [-0.15, -0.1) is 11.3 Å². The Kier molecular flexibility index (Phi) is 4.10. The summed E-state index contributed by atoms with van der Waals surface area (Å²) in [4.78, 5) is 1.15. The Morgan fingerprint density at radius 3 is 2.72 bits per heavy atom. The van der Waals surface area contributed by atoms with Crippen LogP contribution >= 0.6 is 27.3 Å². The van der Waals surface area contributed by atoms with Gasteiger partial charge in [-0.3, -0.25) is 0 Å². The zero-order valence-corrected chi connectivity index (χ0v) is 12.7. The summed E-state index contributed by atoms with van der Waals surface area (Å²) in [6.07, 6.45) is 0.594. The average Bonchev–Trinajstić information content (AvgIpc) is 2.74. The normalized spacial score (nSPS) is 14.2. The van der Waals surface area contributed by atoms with Crippen LogP contribution in [0.1, 0.15) is 17.4 Å². The van der Waals surface area contributed by atoms with Crippen LogP contribution in [0, 0.1) is 0 Å². The SMILES string of the molecule is COc1cccc(C(C)(O)Cc2ccc(Br)s2)c1. The minimum absolute atomic E-state index is 0.594. The molecule has 0 saturated heterocycles. The minimum Gasteiger partial charge on any atom is -0.497 e. The molecule has 0 amide bonds. The van der Waals surface area contributed by atoms with Crippen molar-refractivity contribution in [2.45, 2.75) is 18.9 Å². The smallest absolute Gasteiger partial charge is 0.119 e. The molecule has 1 N–H and O–H groups in total. The molecule has 2 rings (SSSR count). The fourth-order valence-corrected chi connectivity index (χ4v) is 3.48. The van der Waals surface area contributed by atoms with Crippen molar-refractivity contribution in [2.24, 2.45) is 0 Å². The molecule has 1 heterocycles. The maximum absolute atomic E-state index is 10.6. The second-order valence-electron chi connectivity index (χ2n) is 4.39. The van der Waals surface area contributed by atoms with Gasteiger partial charge in [-0.05, 0) is 52.7 Å². The highest BCUT2D eigenvalue weighted by Gasteiger charge is 2.24. The molecule has 1 aromatic heterocycles. The van der Waals surface area contributed by atoms with Crippen molar-refractivity contribution in [1.29, 1.82) is 0 Å². The van der Waals surface area contributed by atoms with Crippen LogP contribution in [0.15, 0.2) is 40.2 Å². The number of ether oxygens (including phenoxy) is 1. The summed E-state index contributed by atoms with van der Waals surface area (Å²) in [5.41, 5.74) is -0.0230. The van der Waals surface area contributed by atoms with E-state index in [1.165, 1.54) is 0 Å². The molecular formula is C14H15BrO2S. The molecule has 0 saturated carbocycles. The third kappa shape index (κ3) is 3.13. The largest absolute Gasteiger partial charge is 0.497 e. The molecule has 96 valence electrons. The minimum atomic E-state index is -0.890. The van der Waals surface area contributed by atoms with Gasteiger partial charge >= 0.3 is 0 Å². The first-order valence-electron chi connectivity index (χ1n) is 5.62. The molecule has 1 unspecified atom stereocenters. The second-order valence-corrected chi connectivity index (χ2v) is 6.94. The maximum atomic E-state index is 10.6. The van der Waals surface area contributed by atoms with Gasteiger partial charge in [-0.25, -0.2) is 0 Å². The van der Waals surface area contributed by atoms with E-state index < -0.39 is 5.60 Å². The molecule has 4 heteroatoms. The highest BCUT2D eigenvalue weighted by Crippen LogP contribution is 2.31. The van der Waals surface area contributed by atoms with Gasteiger partial charge in [0.15, 0.2) is 0 Å². The number of aliphatic hydroxyl groups is 1. The molecule has 2 nitrogen and oxygen atoms in total. The maximum Gasteiger partial charge on any atom is 0.119 e. The highest BCUT2D eigenvalue weighted by atomic mass is 79.9. The predicted molar refractivity (Wildman–Crippen MR) is 78.3 cm³/mol. The zero-order chi connectivity index (χ0) is 13.2. The first-order valence-corrected chi connectivity index (χ1v) is 7.23. The zero-order valence-electron chi connectivity index (χ0n) is 10.3. The van der Waals surface area contributed by atoms with E-state index in [1.807, 2.05) is 43.3 Å². The van der Waals surface area contributed by atoms with Crippen molar-refractivity contribution in [3.05, 3.63) is 50.6 Å². The lowest BCUT2D eigenvalue weighted by atomic mass is 9.92. The van der Waals surface area contributed by atoms with Crippen LogP contribution in [0.3, 0.4) is 0 Å². The summed E-state index contributed by atoms with van der Waals surface area (Å²) in [5.74, 6) is 0.764. The van der Waals surface area contributed by atoms with Crippen molar-refractivity contribution < 1.29 is 9.84 Å². The molecule has 0 bridgehead atoms. The Morgan fingerprint density at radius 1 is 1.33 bits per heavy atom. The molecule has 1 atom stereocenters. The van der Waals surface area contributed by atoms with E-state index in [1.54, 1.807) is 18.4 Å². The molecule has 2 aromatic rings. The van der Waals surface area contributed by atoms with Crippen molar-refractivity contribution in [3.63, 3.8) is 0 Å². The predicted octanol–water partition coefficient (Wildman–Crippen LogP) is 3.97. The third-order valence-corrected chi connectivity index (χ3v) is 4.46. The number of methoxy groups -OCH3 is 1. The van der Waals surface area contributed by atoms with Crippen LogP contribution in [0.25, 0.3) is 0 Å². The quantitative estimate of drug-likeness (QED) is 0.921. The molecule has 1 aromatic carbocycles. The molecular weight excluding hydrogens is 312 g/mol. The van der Waals surface area contributed by atoms with Crippen molar-refractivity contribution >= 4 is 27.3 Å². The summed E-state index contributed by atoms with van der Waals surface area (Å²) in [5, 5.41) is 10.6. The lowest BCUT2D eigenvalue weighted by Crippen LogP contribution is -2.23. The Balaban J connectivity index is 2.23. The Labute approximate surface area is 119 Å². The van der Waals surface area contributed by atoms with Gasteiger partial charge in [-0.2, -0.15) is 0 Å². The summed E-state index contributed by atoms with van der Waals surface area (Å²) in [7, 11) is 1.63. The van der Waals surface area contributed by atoms with E-state index in [4.69, 9.17) is 4.74 Å². The molecule has 0 aliphatic heterocycles. The fourth-order valence-electron chi connectivity index (χ4n) is 1.85. The average molecular weight is 327 g/mol. The lowest BCUT2D eigenvalue weighted by molar-refractivity contribution is 0.0582. The number of hydrogen-bond donors (Lipinski definition) is 1. The number of benzene rings is 1. The second kappa shape index (κ2) is 5.43. The number of thiophene rings is 1. The monoisotopic (exact) mass is 326 g/mol. The Morgan fingerprint density at radius 2 is 2.11 bits per heavy atom. The van der Waals surface area contributed by atoms with E-state index in [-0.39, 0.29) is 0 Å². The summed E-state index contributed by atoms with van der Waals surface area (Å²) < 4.78 is 6.27. The molecule has 0 spiro atoms. The van der Waals surface area contributed by atoms with Crippen LogP contribution in [-0.2, 0) is 12.0 Å². The first-order chi connectivity index (χ1) is 8.51. The number of rotatable bonds is 4. The fraction of sp³-hybridized carbons (Fsp3) is 0.286. The van der Waals surface area contributed by atoms with Gasteiger partial charge in [0.1, 0.15) is 5.75 Å². The third-order valence-electron chi connectivity index (χ3n) is 2.84. The Hall–Kier alpha value is -0.840. The molecule has 0 fully saturated rings. The van der Waals surface area contributed by atoms with Gasteiger partial charge in [0.2, 0.25) is 0 Å².